The minimum atomic E-state index is -3.34. The highest BCUT2D eigenvalue weighted by Crippen LogP contribution is 2.15. The lowest BCUT2D eigenvalue weighted by atomic mass is 10.3. The number of aliphatic hydroxyl groups excluding tert-OH is 1. The summed E-state index contributed by atoms with van der Waals surface area (Å²) in [7, 11) is -3.34. The maximum atomic E-state index is 12.5. The zero-order valence-corrected chi connectivity index (χ0v) is 6.88. The van der Waals surface area contributed by atoms with Crippen LogP contribution in [0.5, 0.6) is 0 Å². The van der Waals surface area contributed by atoms with Gasteiger partial charge in [0.1, 0.15) is 12.3 Å². The molecular weight excluding hydrogens is 173 g/mol. The highest BCUT2D eigenvalue weighted by Gasteiger charge is 2.35. The Hall–Kier alpha value is -0.200. The first-order chi connectivity index (χ1) is 4.91. The quantitative estimate of drug-likeness (QED) is 0.565. The number of sulfonamides is 1. The summed E-state index contributed by atoms with van der Waals surface area (Å²) in [5, 5.41) is 8.85. The molecule has 0 unspecified atom stereocenters. The molecule has 6 heteroatoms. The predicted molar refractivity (Wildman–Crippen MR) is 37.3 cm³/mol. The second-order valence-corrected chi connectivity index (χ2v) is 4.65. The van der Waals surface area contributed by atoms with E-state index in [-0.39, 0.29) is 13.1 Å². The smallest absolute Gasteiger partial charge is 0.211 e. The average Bonchev–Trinajstić information content (AvgIpc) is 2.11. The van der Waals surface area contributed by atoms with Crippen LogP contribution in [-0.4, -0.2) is 49.5 Å². The maximum Gasteiger partial charge on any atom is 0.211 e. The van der Waals surface area contributed by atoms with Crippen molar-refractivity contribution < 1.29 is 17.9 Å². The molecule has 0 aromatic rings. The maximum absolute atomic E-state index is 12.5. The van der Waals surface area contributed by atoms with Crippen molar-refractivity contribution in [3.05, 3.63) is 0 Å². The highest BCUT2D eigenvalue weighted by molar-refractivity contribution is 7.88. The number of β-amino-alcohol motifs (C(OH)–C–C–N with tert-alkyl or cyclic N) is 1. The van der Waals surface area contributed by atoms with Crippen molar-refractivity contribution >= 4 is 10.0 Å². The van der Waals surface area contributed by atoms with E-state index >= 15 is 0 Å². The summed E-state index contributed by atoms with van der Waals surface area (Å²) in [5.74, 6) is 0. The van der Waals surface area contributed by atoms with Gasteiger partial charge in [0, 0.05) is 13.1 Å². The average molecular weight is 183 g/mol. The summed E-state index contributed by atoms with van der Waals surface area (Å²) < 4.78 is 35.0. The van der Waals surface area contributed by atoms with Crippen molar-refractivity contribution in [2.24, 2.45) is 0 Å². The molecule has 0 bridgehead atoms. The fourth-order valence-corrected chi connectivity index (χ4v) is 1.82. The van der Waals surface area contributed by atoms with E-state index in [1.165, 1.54) is 0 Å². The van der Waals surface area contributed by atoms with Gasteiger partial charge in [-0.25, -0.2) is 12.8 Å². The largest absolute Gasteiger partial charge is 0.389 e. The second kappa shape index (κ2) is 2.69. The molecule has 1 aliphatic heterocycles. The van der Waals surface area contributed by atoms with Crippen LogP contribution in [0.2, 0.25) is 0 Å². The molecule has 1 N–H and O–H groups in total. The first kappa shape index (κ1) is 8.89. The summed E-state index contributed by atoms with van der Waals surface area (Å²) in [6, 6.07) is 0. The Morgan fingerprint density at radius 1 is 1.55 bits per heavy atom. The van der Waals surface area contributed by atoms with Gasteiger partial charge >= 0.3 is 0 Å². The van der Waals surface area contributed by atoms with Gasteiger partial charge in [-0.05, 0) is 0 Å². The Kier molecular flexibility index (Phi) is 2.17. The molecule has 1 rings (SSSR count). The number of nitrogens with zero attached hydrogens (tertiary/aromatic N) is 1. The molecule has 11 heavy (non-hydrogen) atoms. The molecule has 4 nitrogen and oxygen atoms in total. The molecule has 0 aromatic heterocycles. The molecule has 0 aliphatic carbocycles. The molecule has 0 amide bonds. The van der Waals surface area contributed by atoms with E-state index in [0.29, 0.717) is 0 Å². The van der Waals surface area contributed by atoms with Gasteiger partial charge in [-0.1, -0.05) is 0 Å². The third-order valence-electron chi connectivity index (χ3n) is 1.66. The van der Waals surface area contributed by atoms with E-state index in [4.69, 9.17) is 5.11 Å². The van der Waals surface area contributed by atoms with Gasteiger partial charge in [-0.3, -0.25) is 0 Å². The van der Waals surface area contributed by atoms with Crippen LogP contribution in [0.3, 0.4) is 0 Å². The van der Waals surface area contributed by atoms with Crippen molar-refractivity contribution in [1.29, 1.82) is 0 Å². The summed E-state index contributed by atoms with van der Waals surface area (Å²) >= 11 is 0. The summed E-state index contributed by atoms with van der Waals surface area (Å²) in [6.45, 7) is -0.347. The Labute approximate surface area is 64.7 Å². The Morgan fingerprint density at radius 3 is 2.27 bits per heavy atom. The van der Waals surface area contributed by atoms with E-state index in [9.17, 15) is 12.8 Å². The lowest BCUT2D eigenvalue weighted by Crippen LogP contribution is -2.28. The van der Waals surface area contributed by atoms with Crippen LogP contribution >= 0.6 is 0 Å². The number of aliphatic hydroxyl groups is 1. The summed E-state index contributed by atoms with van der Waals surface area (Å²) in [4.78, 5) is 0. The molecular formula is C5H10FNO3S. The lowest BCUT2D eigenvalue weighted by Gasteiger charge is -2.09. The molecule has 2 atom stereocenters. The molecule has 1 heterocycles. The second-order valence-electron chi connectivity index (χ2n) is 2.66. The van der Waals surface area contributed by atoms with Crippen LogP contribution in [-0.2, 0) is 10.0 Å². The SMILES string of the molecule is CS(=O)(=O)N1C[C@@H](O)[C@H](F)C1. The lowest BCUT2D eigenvalue weighted by molar-refractivity contribution is 0.117. The number of alkyl halides is 1. The van der Waals surface area contributed by atoms with Gasteiger partial charge in [0.15, 0.2) is 0 Å². The highest BCUT2D eigenvalue weighted by atomic mass is 32.2. The number of halogens is 1. The topological polar surface area (TPSA) is 57.6 Å². The van der Waals surface area contributed by atoms with Crippen molar-refractivity contribution in [2.75, 3.05) is 19.3 Å². The van der Waals surface area contributed by atoms with Crippen LogP contribution in [0.15, 0.2) is 0 Å². The number of hydrogen-bond acceptors (Lipinski definition) is 3. The minimum absolute atomic E-state index is 0.125. The molecule has 1 aliphatic rings. The fourth-order valence-electron chi connectivity index (χ4n) is 0.985. The monoisotopic (exact) mass is 183 g/mol. The van der Waals surface area contributed by atoms with Gasteiger partial charge in [0.25, 0.3) is 0 Å². The molecule has 0 radical (unpaired) electrons. The molecule has 1 fully saturated rings. The van der Waals surface area contributed by atoms with Gasteiger partial charge in [0.2, 0.25) is 10.0 Å². The van der Waals surface area contributed by atoms with E-state index < -0.39 is 22.3 Å². The van der Waals surface area contributed by atoms with Crippen molar-refractivity contribution in [1.82, 2.24) is 4.31 Å². The Morgan fingerprint density at radius 2 is 2.09 bits per heavy atom. The van der Waals surface area contributed by atoms with Crippen LogP contribution in [0.25, 0.3) is 0 Å². The molecule has 1 saturated heterocycles. The number of hydrogen-bond donors (Lipinski definition) is 1. The normalized spacial score (nSPS) is 34.5. The van der Waals surface area contributed by atoms with Gasteiger partial charge < -0.3 is 5.11 Å². The van der Waals surface area contributed by atoms with Crippen LogP contribution in [0, 0.1) is 0 Å². The molecule has 0 aromatic carbocycles. The van der Waals surface area contributed by atoms with E-state index in [1.807, 2.05) is 0 Å². The van der Waals surface area contributed by atoms with E-state index in [2.05, 4.69) is 0 Å². The van der Waals surface area contributed by atoms with Crippen LogP contribution < -0.4 is 0 Å². The van der Waals surface area contributed by atoms with Crippen molar-refractivity contribution in [2.45, 2.75) is 12.3 Å². The molecule has 0 saturated carbocycles. The Bertz CT molecular complexity index is 230. The van der Waals surface area contributed by atoms with E-state index in [0.717, 1.165) is 10.6 Å². The van der Waals surface area contributed by atoms with Crippen molar-refractivity contribution in [3.8, 4) is 0 Å². The first-order valence-electron chi connectivity index (χ1n) is 3.18. The van der Waals surface area contributed by atoms with Gasteiger partial charge in [-0.2, -0.15) is 4.31 Å². The first-order valence-corrected chi connectivity index (χ1v) is 5.03. The van der Waals surface area contributed by atoms with E-state index in [1.54, 1.807) is 0 Å². The minimum Gasteiger partial charge on any atom is -0.389 e. The molecule has 66 valence electrons. The van der Waals surface area contributed by atoms with Crippen LogP contribution in [0.4, 0.5) is 4.39 Å². The summed E-state index contributed by atoms with van der Waals surface area (Å²) in [5.41, 5.74) is 0. The van der Waals surface area contributed by atoms with Gasteiger partial charge in [0.05, 0.1) is 6.26 Å². The number of rotatable bonds is 1. The summed E-state index contributed by atoms with van der Waals surface area (Å²) in [6.07, 6.45) is -1.60. The third-order valence-corrected chi connectivity index (χ3v) is 2.89. The fraction of sp³-hybridized carbons (Fsp3) is 1.00. The predicted octanol–water partition coefficient (Wildman–Crippen LogP) is -1.04. The zero-order chi connectivity index (χ0) is 8.65. The van der Waals surface area contributed by atoms with Crippen molar-refractivity contribution in [3.63, 3.8) is 0 Å². The van der Waals surface area contributed by atoms with Crippen LogP contribution in [0.1, 0.15) is 0 Å². The standard InChI is InChI=1S/C5H10FNO3S/c1-11(9,10)7-2-4(6)5(8)3-7/h4-5,8H,2-3H2,1H3/t4-,5-/m1/s1. The Balaban J connectivity index is 2.69. The third kappa shape index (κ3) is 1.88. The molecule has 0 spiro atoms. The van der Waals surface area contributed by atoms with Gasteiger partial charge in [-0.15, -0.1) is 0 Å². The zero-order valence-electron chi connectivity index (χ0n) is 6.07.